The first-order valence-electron chi connectivity index (χ1n) is 9.35. The summed E-state index contributed by atoms with van der Waals surface area (Å²) in [5.41, 5.74) is 1.67. The van der Waals surface area contributed by atoms with Gasteiger partial charge in [-0.05, 0) is 49.2 Å². The third-order valence-corrected chi connectivity index (χ3v) is 5.47. The number of amides is 1. The second-order valence-corrected chi connectivity index (χ2v) is 7.25. The van der Waals surface area contributed by atoms with Crippen molar-refractivity contribution in [1.82, 2.24) is 9.88 Å². The number of hydrogen-bond donors (Lipinski definition) is 1. The molecule has 0 atom stereocenters. The first-order valence-corrected chi connectivity index (χ1v) is 9.35. The molecular formula is C22H18F3N3O. The summed E-state index contributed by atoms with van der Waals surface area (Å²) in [6.45, 7) is 1.07. The van der Waals surface area contributed by atoms with Gasteiger partial charge < -0.3 is 9.88 Å². The Morgan fingerprint density at radius 2 is 1.83 bits per heavy atom. The van der Waals surface area contributed by atoms with E-state index in [4.69, 9.17) is 0 Å². The zero-order valence-corrected chi connectivity index (χ0v) is 15.5. The lowest BCUT2D eigenvalue weighted by atomic mass is 9.93. The lowest BCUT2D eigenvalue weighted by Crippen LogP contribution is -2.38. The third-order valence-electron chi connectivity index (χ3n) is 5.47. The predicted octanol–water partition coefficient (Wildman–Crippen LogP) is 5.08. The number of benzene rings is 2. The Balaban J connectivity index is 1.48. The molecule has 0 unspecified atom stereocenters. The normalized spacial score (nSPS) is 15.4. The summed E-state index contributed by atoms with van der Waals surface area (Å²) in [6, 6.07) is 14.3. The summed E-state index contributed by atoms with van der Waals surface area (Å²) in [7, 11) is 0. The van der Waals surface area contributed by atoms with Gasteiger partial charge in [0, 0.05) is 35.6 Å². The van der Waals surface area contributed by atoms with Crippen LogP contribution in [0.1, 0.15) is 45.9 Å². The number of aromatic nitrogens is 1. The lowest BCUT2D eigenvalue weighted by Gasteiger charge is -2.32. The summed E-state index contributed by atoms with van der Waals surface area (Å²) in [4.78, 5) is 17.7. The van der Waals surface area contributed by atoms with E-state index in [0.29, 0.717) is 48.0 Å². The molecule has 4 nitrogen and oxygen atoms in total. The molecule has 1 fully saturated rings. The molecule has 0 radical (unpaired) electrons. The summed E-state index contributed by atoms with van der Waals surface area (Å²) in [5.74, 6) is -0.0148. The summed E-state index contributed by atoms with van der Waals surface area (Å²) >= 11 is 0. The number of likely N-dealkylation sites (tertiary alicyclic amines) is 1. The van der Waals surface area contributed by atoms with Crippen LogP contribution in [-0.2, 0) is 6.18 Å². The number of carbonyl (C=O) groups is 1. The van der Waals surface area contributed by atoms with E-state index in [-0.39, 0.29) is 11.8 Å². The Bertz CT molecular complexity index is 1100. The fourth-order valence-electron chi connectivity index (χ4n) is 3.88. The highest BCUT2D eigenvalue weighted by atomic mass is 19.4. The Labute approximate surface area is 165 Å². The zero-order chi connectivity index (χ0) is 20.6. The Hall–Kier alpha value is -3.27. The van der Waals surface area contributed by atoms with Crippen molar-refractivity contribution < 1.29 is 18.0 Å². The number of piperidine rings is 1. The van der Waals surface area contributed by atoms with Gasteiger partial charge in [0.25, 0.3) is 5.91 Å². The van der Waals surface area contributed by atoms with E-state index >= 15 is 0 Å². The number of halogens is 3. The van der Waals surface area contributed by atoms with Gasteiger partial charge in [-0.2, -0.15) is 18.4 Å². The Kier molecular flexibility index (Phi) is 4.79. The maximum atomic E-state index is 12.9. The molecule has 1 aromatic heterocycles. The van der Waals surface area contributed by atoms with Crippen molar-refractivity contribution in [1.29, 1.82) is 5.26 Å². The van der Waals surface area contributed by atoms with E-state index < -0.39 is 11.7 Å². The number of fused-ring (bicyclic) bond motifs is 1. The third kappa shape index (κ3) is 3.70. The van der Waals surface area contributed by atoms with Crippen LogP contribution in [0.3, 0.4) is 0 Å². The SMILES string of the molecule is N#Cc1ccccc1C(=O)N1CCC(c2cc3cc(C(F)(F)F)ccc3[nH]2)CC1. The molecule has 1 aliphatic rings. The monoisotopic (exact) mass is 397 g/mol. The van der Waals surface area contributed by atoms with Crippen molar-refractivity contribution in [3.05, 3.63) is 70.9 Å². The average Bonchev–Trinajstić information content (AvgIpc) is 3.16. The molecule has 2 aromatic carbocycles. The predicted molar refractivity (Wildman–Crippen MR) is 102 cm³/mol. The second kappa shape index (κ2) is 7.28. The van der Waals surface area contributed by atoms with Crippen LogP contribution in [0.5, 0.6) is 0 Å². The van der Waals surface area contributed by atoms with Crippen LogP contribution in [0.4, 0.5) is 13.2 Å². The second-order valence-electron chi connectivity index (χ2n) is 7.25. The smallest absolute Gasteiger partial charge is 0.358 e. The largest absolute Gasteiger partial charge is 0.416 e. The van der Waals surface area contributed by atoms with Crippen molar-refractivity contribution in [2.75, 3.05) is 13.1 Å². The van der Waals surface area contributed by atoms with E-state index in [1.54, 1.807) is 35.2 Å². The highest BCUT2D eigenvalue weighted by Gasteiger charge is 2.31. The van der Waals surface area contributed by atoms with Gasteiger partial charge in [-0.1, -0.05) is 12.1 Å². The van der Waals surface area contributed by atoms with Gasteiger partial charge in [0.1, 0.15) is 0 Å². The minimum Gasteiger partial charge on any atom is -0.358 e. The van der Waals surface area contributed by atoms with Crippen molar-refractivity contribution in [2.24, 2.45) is 0 Å². The summed E-state index contributed by atoms with van der Waals surface area (Å²) in [6.07, 6.45) is -2.95. The molecule has 1 aliphatic heterocycles. The fourth-order valence-corrected chi connectivity index (χ4v) is 3.88. The molecule has 2 heterocycles. The van der Waals surface area contributed by atoms with Crippen molar-refractivity contribution in [3.8, 4) is 6.07 Å². The number of H-pyrrole nitrogens is 1. The highest BCUT2D eigenvalue weighted by Crippen LogP contribution is 2.34. The maximum Gasteiger partial charge on any atom is 0.416 e. The molecule has 0 bridgehead atoms. The first-order chi connectivity index (χ1) is 13.9. The number of nitriles is 1. The molecule has 1 amide bonds. The van der Waals surface area contributed by atoms with Crippen LogP contribution in [0.25, 0.3) is 10.9 Å². The number of nitrogens with one attached hydrogen (secondary N) is 1. The molecule has 0 spiro atoms. The quantitative estimate of drug-likeness (QED) is 0.656. The maximum absolute atomic E-state index is 12.9. The number of rotatable bonds is 2. The van der Waals surface area contributed by atoms with Crippen molar-refractivity contribution in [3.63, 3.8) is 0 Å². The molecule has 1 N–H and O–H groups in total. The molecule has 29 heavy (non-hydrogen) atoms. The van der Waals surface area contributed by atoms with Gasteiger partial charge in [-0.25, -0.2) is 0 Å². The fraction of sp³-hybridized carbons (Fsp3) is 0.273. The van der Waals surface area contributed by atoms with E-state index in [1.165, 1.54) is 6.07 Å². The molecule has 148 valence electrons. The van der Waals surface area contributed by atoms with Crippen LogP contribution >= 0.6 is 0 Å². The molecule has 3 aromatic rings. The van der Waals surface area contributed by atoms with Gasteiger partial charge >= 0.3 is 6.18 Å². The number of aromatic amines is 1. The zero-order valence-electron chi connectivity index (χ0n) is 15.5. The number of nitrogens with zero attached hydrogens (tertiary/aromatic N) is 2. The molecular weight excluding hydrogens is 379 g/mol. The van der Waals surface area contributed by atoms with Crippen LogP contribution < -0.4 is 0 Å². The number of hydrogen-bond acceptors (Lipinski definition) is 2. The molecule has 4 rings (SSSR count). The van der Waals surface area contributed by atoms with Gasteiger partial charge in [0.2, 0.25) is 0 Å². The lowest BCUT2D eigenvalue weighted by molar-refractivity contribution is -0.137. The van der Waals surface area contributed by atoms with Crippen LogP contribution in [0, 0.1) is 11.3 Å². The van der Waals surface area contributed by atoms with Crippen LogP contribution in [-0.4, -0.2) is 28.9 Å². The molecule has 0 aliphatic carbocycles. The average molecular weight is 397 g/mol. The van der Waals surface area contributed by atoms with E-state index in [9.17, 15) is 23.2 Å². The van der Waals surface area contributed by atoms with Gasteiger partial charge in [-0.15, -0.1) is 0 Å². The Morgan fingerprint density at radius 1 is 1.10 bits per heavy atom. The number of alkyl halides is 3. The van der Waals surface area contributed by atoms with Crippen molar-refractivity contribution in [2.45, 2.75) is 24.9 Å². The molecule has 7 heteroatoms. The van der Waals surface area contributed by atoms with Crippen LogP contribution in [0.2, 0.25) is 0 Å². The minimum atomic E-state index is -4.36. The minimum absolute atomic E-state index is 0.145. The standard InChI is InChI=1S/C22H18F3N3O/c23-22(24,25)17-5-6-19-16(11-17)12-20(27-19)14-7-9-28(10-8-14)21(29)18-4-2-1-3-15(18)13-26/h1-6,11-12,14,27H,7-10H2. The first kappa shape index (κ1) is 19.1. The van der Waals surface area contributed by atoms with E-state index in [2.05, 4.69) is 4.98 Å². The Morgan fingerprint density at radius 3 is 2.52 bits per heavy atom. The molecule has 0 saturated carbocycles. The van der Waals surface area contributed by atoms with Crippen LogP contribution in [0.15, 0.2) is 48.5 Å². The summed E-state index contributed by atoms with van der Waals surface area (Å²) in [5, 5.41) is 9.74. The molecule has 1 saturated heterocycles. The number of carbonyl (C=O) groups excluding carboxylic acids is 1. The highest BCUT2D eigenvalue weighted by molar-refractivity contribution is 5.96. The van der Waals surface area contributed by atoms with Gasteiger partial charge in [-0.3, -0.25) is 4.79 Å². The van der Waals surface area contributed by atoms with Crippen molar-refractivity contribution >= 4 is 16.8 Å². The van der Waals surface area contributed by atoms with Gasteiger partial charge in [0.05, 0.1) is 22.8 Å². The topological polar surface area (TPSA) is 59.9 Å². The van der Waals surface area contributed by atoms with Gasteiger partial charge in [0.15, 0.2) is 0 Å². The van der Waals surface area contributed by atoms with E-state index in [0.717, 1.165) is 17.8 Å². The van der Waals surface area contributed by atoms with E-state index in [1.807, 2.05) is 6.07 Å². The summed E-state index contributed by atoms with van der Waals surface area (Å²) < 4.78 is 38.8.